The van der Waals surface area contributed by atoms with Gasteiger partial charge in [-0.05, 0) is 46.9 Å². The highest BCUT2D eigenvalue weighted by Crippen LogP contribution is 2.37. The fraction of sp³-hybridized carbons (Fsp3) is 0.364. The minimum Gasteiger partial charge on any atom is -0.326 e. The zero-order chi connectivity index (χ0) is 19.5. The average molecular weight is 375 g/mol. The van der Waals surface area contributed by atoms with Gasteiger partial charge in [0.25, 0.3) is 0 Å². The molecule has 144 valence electrons. The smallest absolute Gasteiger partial charge is 0.232 e. The Morgan fingerprint density at radius 1 is 1.18 bits per heavy atom. The Balaban J connectivity index is 1.57. The number of hydrogen-bond donors (Lipinski definition) is 1. The minimum absolute atomic E-state index is 0.0134. The van der Waals surface area contributed by atoms with Crippen LogP contribution in [0, 0.1) is 5.92 Å². The van der Waals surface area contributed by atoms with Gasteiger partial charge in [0.2, 0.25) is 5.91 Å². The summed E-state index contributed by atoms with van der Waals surface area (Å²) in [5.41, 5.74) is 2.72. The van der Waals surface area contributed by atoms with Gasteiger partial charge in [0.1, 0.15) is 0 Å². The lowest BCUT2D eigenvalue weighted by Gasteiger charge is -2.23. The summed E-state index contributed by atoms with van der Waals surface area (Å²) in [5, 5.41) is 15.2. The Bertz CT molecular complexity index is 948. The van der Waals surface area contributed by atoms with Crippen LogP contribution in [-0.2, 0) is 4.79 Å². The molecule has 2 aromatic carbocycles. The van der Waals surface area contributed by atoms with Crippen LogP contribution in [0.1, 0.15) is 50.6 Å². The Hall–Kier alpha value is -3.02. The zero-order valence-corrected chi connectivity index (χ0v) is 16.2. The van der Waals surface area contributed by atoms with Crippen molar-refractivity contribution < 1.29 is 4.79 Å². The van der Waals surface area contributed by atoms with E-state index in [2.05, 4.69) is 34.7 Å². The number of nitrogens with one attached hydrogen (secondary N) is 1. The molecule has 1 saturated carbocycles. The second-order valence-electron chi connectivity index (χ2n) is 7.52. The summed E-state index contributed by atoms with van der Waals surface area (Å²) in [6.45, 7) is 4.24. The molecule has 6 nitrogen and oxygen atoms in total. The van der Waals surface area contributed by atoms with Crippen molar-refractivity contribution in [2.45, 2.75) is 45.1 Å². The molecular weight excluding hydrogens is 350 g/mol. The molecule has 1 heterocycles. The minimum atomic E-state index is -0.188. The fourth-order valence-electron chi connectivity index (χ4n) is 3.54. The van der Waals surface area contributed by atoms with Crippen LogP contribution in [0.15, 0.2) is 54.6 Å². The topological polar surface area (TPSA) is 72.7 Å². The third kappa shape index (κ3) is 3.81. The van der Waals surface area contributed by atoms with Gasteiger partial charge in [0.15, 0.2) is 5.82 Å². The highest BCUT2D eigenvalue weighted by molar-refractivity contribution is 5.96. The van der Waals surface area contributed by atoms with Crippen LogP contribution in [-0.4, -0.2) is 26.1 Å². The number of anilines is 1. The largest absolute Gasteiger partial charge is 0.326 e. The number of tetrazole rings is 1. The van der Waals surface area contributed by atoms with Crippen LogP contribution in [0.5, 0.6) is 0 Å². The lowest BCUT2D eigenvalue weighted by atomic mass is 9.85. The number of hydrogen-bond acceptors (Lipinski definition) is 4. The Kier molecular flexibility index (Phi) is 5.19. The predicted octanol–water partition coefficient (Wildman–Crippen LogP) is 4.44. The molecule has 0 aliphatic heterocycles. The second kappa shape index (κ2) is 7.92. The molecule has 0 saturated heterocycles. The van der Waals surface area contributed by atoms with E-state index in [1.807, 2.05) is 59.3 Å². The number of nitrogens with zero attached hydrogens (tertiary/aromatic N) is 4. The zero-order valence-electron chi connectivity index (χ0n) is 16.2. The summed E-state index contributed by atoms with van der Waals surface area (Å²) in [5.74, 6) is 0.819. The third-order valence-electron chi connectivity index (χ3n) is 5.43. The van der Waals surface area contributed by atoms with Crippen molar-refractivity contribution in [3.8, 4) is 11.4 Å². The molecule has 6 heteroatoms. The van der Waals surface area contributed by atoms with E-state index in [-0.39, 0.29) is 17.7 Å². The van der Waals surface area contributed by atoms with Gasteiger partial charge in [-0.1, -0.05) is 62.7 Å². The quantitative estimate of drug-likeness (QED) is 0.662. The normalized spacial score (nSPS) is 15.8. The number of aromatic nitrogens is 4. The summed E-state index contributed by atoms with van der Waals surface area (Å²) < 4.78 is 1.88. The summed E-state index contributed by atoms with van der Waals surface area (Å²) in [6, 6.07) is 18.1. The van der Waals surface area contributed by atoms with Crippen LogP contribution in [0.2, 0.25) is 0 Å². The fourth-order valence-corrected chi connectivity index (χ4v) is 3.54. The average Bonchev–Trinajstić information content (AvgIpc) is 3.45. The van der Waals surface area contributed by atoms with E-state index in [1.165, 1.54) is 0 Å². The monoisotopic (exact) mass is 375 g/mol. The number of amides is 1. The lowest BCUT2D eigenvalue weighted by Crippen LogP contribution is -2.26. The van der Waals surface area contributed by atoms with Crippen molar-refractivity contribution in [3.05, 3.63) is 60.2 Å². The first-order chi connectivity index (χ1) is 13.7. The number of rotatable bonds is 7. The van der Waals surface area contributed by atoms with E-state index in [1.54, 1.807) is 0 Å². The molecule has 1 aliphatic rings. The van der Waals surface area contributed by atoms with Gasteiger partial charge in [-0.3, -0.25) is 4.79 Å². The molecule has 1 fully saturated rings. The Morgan fingerprint density at radius 2 is 1.96 bits per heavy atom. The van der Waals surface area contributed by atoms with Crippen LogP contribution < -0.4 is 5.32 Å². The Morgan fingerprint density at radius 3 is 2.68 bits per heavy atom. The van der Waals surface area contributed by atoms with Crippen LogP contribution in [0.4, 0.5) is 5.69 Å². The first-order valence-corrected chi connectivity index (χ1v) is 9.91. The molecule has 1 aliphatic carbocycles. The van der Waals surface area contributed by atoms with Gasteiger partial charge in [-0.2, -0.15) is 0 Å². The molecule has 2 atom stereocenters. The van der Waals surface area contributed by atoms with Crippen molar-refractivity contribution >= 4 is 11.6 Å². The number of carbonyl (C=O) groups excluding carboxylic acids is 1. The molecular formula is C22H25N5O. The van der Waals surface area contributed by atoms with E-state index in [4.69, 9.17) is 0 Å². The molecule has 1 N–H and O–H groups in total. The Labute approximate surface area is 165 Å². The van der Waals surface area contributed by atoms with E-state index in [0.29, 0.717) is 6.04 Å². The summed E-state index contributed by atoms with van der Waals surface area (Å²) in [6.07, 6.45) is 3.16. The first kappa shape index (κ1) is 18.3. The number of benzene rings is 2. The summed E-state index contributed by atoms with van der Waals surface area (Å²) in [4.78, 5) is 13.1. The van der Waals surface area contributed by atoms with Crippen LogP contribution in [0.3, 0.4) is 0 Å². The maximum atomic E-state index is 13.1. The lowest BCUT2D eigenvalue weighted by molar-refractivity contribution is -0.118. The van der Waals surface area contributed by atoms with Gasteiger partial charge in [-0.15, -0.1) is 5.10 Å². The second-order valence-corrected chi connectivity index (χ2v) is 7.52. The van der Waals surface area contributed by atoms with Gasteiger partial charge < -0.3 is 5.32 Å². The molecule has 4 rings (SSSR count). The van der Waals surface area contributed by atoms with Gasteiger partial charge in [0, 0.05) is 11.3 Å². The molecule has 3 aromatic rings. The summed E-state index contributed by atoms with van der Waals surface area (Å²) in [7, 11) is 0. The molecule has 0 spiro atoms. The van der Waals surface area contributed by atoms with Crippen molar-refractivity contribution in [2.75, 3.05) is 5.32 Å². The molecule has 0 radical (unpaired) electrons. The van der Waals surface area contributed by atoms with Crippen molar-refractivity contribution in [3.63, 3.8) is 0 Å². The highest BCUT2D eigenvalue weighted by atomic mass is 16.1. The third-order valence-corrected chi connectivity index (χ3v) is 5.43. The van der Waals surface area contributed by atoms with E-state index < -0.39 is 0 Å². The van der Waals surface area contributed by atoms with Gasteiger partial charge in [0.05, 0.1) is 12.0 Å². The maximum Gasteiger partial charge on any atom is 0.232 e. The molecule has 0 bridgehead atoms. The summed E-state index contributed by atoms with van der Waals surface area (Å²) >= 11 is 0. The SMILES string of the molecule is CCC(C)C(C(=O)Nc1cccc(-c2nnnn2C2CC2)c1)c1ccccc1. The predicted molar refractivity (Wildman–Crippen MR) is 109 cm³/mol. The van der Waals surface area contributed by atoms with Crippen LogP contribution >= 0.6 is 0 Å². The van der Waals surface area contributed by atoms with Crippen molar-refractivity contribution in [1.82, 2.24) is 20.2 Å². The van der Waals surface area contributed by atoms with Gasteiger partial charge in [-0.25, -0.2) is 4.68 Å². The molecule has 1 aromatic heterocycles. The molecule has 1 amide bonds. The van der Waals surface area contributed by atoms with Crippen molar-refractivity contribution in [2.24, 2.45) is 5.92 Å². The van der Waals surface area contributed by atoms with Gasteiger partial charge >= 0.3 is 0 Å². The first-order valence-electron chi connectivity index (χ1n) is 9.91. The molecule has 28 heavy (non-hydrogen) atoms. The van der Waals surface area contributed by atoms with E-state index in [9.17, 15) is 4.79 Å². The highest BCUT2D eigenvalue weighted by Gasteiger charge is 2.29. The maximum absolute atomic E-state index is 13.1. The van der Waals surface area contributed by atoms with E-state index in [0.717, 1.165) is 41.9 Å². The van der Waals surface area contributed by atoms with E-state index >= 15 is 0 Å². The number of carbonyl (C=O) groups is 1. The molecule has 2 unspecified atom stereocenters. The standard InChI is InChI=1S/C22H25N5O/c1-3-15(2)20(16-8-5-4-6-9-16)22(28)23-18-11-7-10-17(14-18)21-24-25-26-27(21)19-12-13-19/h4-11,14-15,19-20H,3,12-13H2,1-2H3,(H,23,28). The van der Waals surface area contributed by atoms with Crippen molar-refractivity contribution in [1.29, 1.82) is 0 Å². The van der Waals surface area contributed by atoms with Crippen LogP contribution in [0.25, 0.3) is 11.4 Å².